The molecule has 0 bridgehead atoms. The summed E-state index contributed by atoms with van der Waals surface area (Å²) in [5.74, 6) is 1.03. The normalized spacial score (nSPS) is 37.8. The lowest BCUT2D eigenvalue weighted by atomic mass is 9.82. The minimum atomic E-state index is 0.970. The van der Waals surface area contributed by atoms with Crippen molar-refractivity contribution in [3.8, 4) is 0 Å². The maximum Gasteiger partial charge on any atom is 0.0123 e. The molecule has 0 radical (unpaired) electrons. The smallest absolute Gasteiger partial charge is 0.0123 e. The quantitative estimate of drug-likeness (QED) is 0.580. The van der Waals surface area contributed by atoms with Crippen LogP contribution in [0.4, 0.5) is 0 Å². The van der Waals surface area contributed by atoms with Crippen molar-refractivity contribution in [2.75, 3.05) is 13.1 Å². The molecule has 2 rings (SSSR count). The van der Waals surface area contributed by atoms with Gasteiger partial charge < -0.3 is 4.90 Å². The molecule has 1 nitrogen and oxygen atoms in total. The Morgan fingerprint density at radius 1 is 1.08 bits per heavy atom. The summed E-state index contributed by atoms with van der Waals surface area (Å²) in [4.78, 5) is 2.75. The second-order valence-corrected chi connectivity index (χ2v) is 4.41. The third kappa shape index (κ3) is 1.52. The predicted octanol–water partition coefficient (Wildman–Crippen LogP) is 2.66. The maximum absolute atomic E-state index is 2.75. The highest BCUT2D eigenvalue weighted by Crippen LogP contribution is 2.32. The van der Waals surface area contributed by atoms with Crippen LogP contribution in [-0.2, 0) is 0 Å². The number of fused-ring (bicyclic) bond motifs is 1. The minimum absolute atomic E-state index is 0.970. The number of hydrogen-bond donors (Lipinski definition) is 0. The molecule has 2 aliphatic heterocycles. The molecule has 0 aromatic rings. The van der Waals surface area contributed by atoms with E-state index in [1.54, 1.807) is 0 Å². The Labute approximate surface area is 76.1 Å². The lowest BCUT2D eigenvalue weighted by Gasteiger charge is -2.44. The summed E-state index contributed by atoms with van der Waals surface area (Å²) in [6, 6.07) is 0.970. The average molecular weight is 167 g/mol. The maximum atomic E-state index is 2.75. The van der Waals surface area contributed by atoms with Gasteiger partial charge in [-0.25, -0.2) is 0 Å². The summed E-state index contributed by atoms with van der Waals surface area (Å²) in [6.07, 6.45) is 8.77. The van der Waals surface area contributed by atoms with E-state index in [2.05, 4.69) is 11.8 Å². The van der Waals surface area contributed by atoms with Crippen LogP contribution in [0.2, 0.25) is 0 Å². The molecule has 0 aromatic heterocycles. The summed E-state index contributed by atoms with van der Waals surface area (Å²) in [7, 11) is 0. The lowest BCUT2D eigenvalue weighted by molar-refractivity contribution is 0.0580. The van der Waals surface area contributed by atoms with Crippen LogP contribution in [0.25, 0.3) is 0 Å². The Balaban J connectivity index is 1.99. The zero-order chi connectivity index (χ0) is 8.39. The molecular weight excluding hydrogens is 146 g/mol. The van der Waals surface area contributed by atoms with Crippen LogP contribution in [0.5, 0.6) is 0 Å². The van der Waals surface area contributed by atoms with Crippen LogP contribution in [-0.4, -0.2) is 24.0 Å². The van der Waals surface area contributed by atoms with Gasteiger partial charge in [0.05, 0.1) is 0 Å². The van der Waals surface area contributed by atoms with Crippen LogP contribution < -0.4 is 0 Å². The van der Waals surface area contributed by atoms with Gasteiger partial charge in [0.2, 0.25) is 0 Å². The van der Waals surface area contributed by atoms with E-state index in [0.29, 0.717) is 0 Å². The largest absolute Gasteiger partial charge is 0.300 e. The molecule has 0 spiro atoms. The summed E-state index contributed by atoms with van der Waals surface area (Å²) >= 11 is 0. The highest BCUT2D eigenvalue weighted by atomic mass is 15.2. The topological polar surface area (TPSA) is 3.24 Å². The highest BCUT2D eigenvalue weighted by molar-refractivity contribution is 4.86. The van der Waals surface area contributed by atoms with Gasteiger partial charge in [0.1, 0.15) is 0 Å². The Bertz CT molecular complexity index is 135. The molecule has 2 fully saturated rings. The van der Waals surface area contributed by atoms with Crippen LogP contribution in [0.15, 0.2) is 0 Å². The van der Waals surface area contributed by atoms with E-state index in [9.17, 15) is 0 Å². The van der Waals surface area contributed by atoms with Crippen LogP contribution in [0.1, 0.15) is 45.4 Å². The summed E-state index contributed by atoms with van der Waals surface area (Å²) < 4.78 is 0. The van der Waals surface area contributed by atoms with Crippen LogP contribution >= 0.6 is 0 Å². The summed E-state index contributed by atoms with van der Waals surface area (Å²) in [5, 5.41) is 0. The third-order valence-corrected chi connectivity index (χ3v) is 3.75. The molecule has 0 aromatic carbocycles. The van der Waals surface area contributed by atoms with Crippen molar-refractivity contribution in [1.82, 2.24) is 4.90 Å². The fraction of sp³-hybridized carbons (Fsp3) is 1.00. The molecular formula is C11H21N. The number of hydrogen-bond acceptors (Lipinski definition) is 1. The van der Waals surface area contributed by atoms with Gasteiger partial charge in [-0.3, -0.25) is 0 Å². The van der Waals surface area contributed by atoms with Gasteiger partial charge in [0.25, 0.3) is 0 Å². The van der Waals surface area contributed by atoms with Gasteiger partial charge >= 0.3 is 0 Å². The van der Waals surface area contributed by atoms with Gasteiger partial charge in [0, 0.05) is 6.04 Å². The zero-order valence-corrected chi connectivity index (χ0v) is 8.26. The number of rotatable bonds is 1. The SMILES string of the molecule is CC[C@@H]1CCCN2CCCC[C@H]12. The molecule has 2 saturated heterocycles. The van der Waals surface area contributed by atoms with E-state index < -0.39 is 0 Å². The lowest BCUT2D eigenvalue weighted by Crippen LogP contribution is -2.47. The van der Waals surface area contributed by atoms with Crippen molar-refractivity contribution in [3.05, 3.63) is 0 Å². The molecule has 0 N–H and O–H groups in total. The predicted molar refractivity (Wildman–Crippen MR) is 52.2 cm³/mol. The first-order valence-corrected chi connectivity index (χ1v) is 5.66. The average Bonchev–Trinajstić information content (AvgIpc) is 2.17. The van der Waals surface area contributed by atoms with Crippen molar-refractivity contribution in [1.29, 1.82) is 0 Å². The molecule has 12 heavy (non-hydrogen) atoms. The second-order valence-electron chi connectivity index (χ2n) is 4.41. The molecule has 0 amide bonds. The minimum Gasteiger partial charge on any atom is -0.300 e. The van der Waals surface area contributed by atoms with Gasteiger partial charge in [-0.05, 0) is 44.7 Å². The Kier molecular flexibility index (Phi) is 2.69. The van der Waals surface area contributed by atoms with Crippen molar-refractivity contribution < 1.29 is 0 Å². The van der Waals surface area contributed by atoms with Gasteiger partial charge in [-0.2, -0.15) is 0 Å². The molecule has 2 atom stereocenters. The van der Waals surface area contributed by atoms with Crippen molar-refractivity contribution in [2.24, 2.45) is 5.92 Å². The first kappa shape index (κ1) is 8.55. The fourth-order valence-corrected chi connectivity index (χ4v) is 3.05. The van der Waals surface area contributed by atoms with Gasteiger partial charge in [-0.15, -0.1) is 0 Å². The molecule has 2 aliphatic rings. The third-order valence-electron chi connectivity index (χ3n) is 3.75. The first-order chi connectivity index (χ1) is 5.92. The van der Waals surface area contributed by atoms with E-state index in [0.717, 1.165) is 12.0 Å². The standard InChI is InChI=1S/C11H21N/c1-2-10-6-5-9-12-8-4-3-7-11(10)12/h10-11H,2-9H2,1H3/t10-,11-/m1/s1. The molecule has 0 unspecified atom stereocenters. The molecule has 70 valence electrons. The summed E-state index contributed by atoms with van der Waals surface area (Å²) in [5.41, 5.74) is 0. The Morgan fingerprint density at radius 2 is 1.92 bits per heavy atom. The van der Waals surface area contributed by atoms with E-state index in [4.69, 9.17) is 0 Å². The molecule has 2 heterocycles. The summed E-state index contributed by atoms with van der Waals surface area (Å²) in [6.45, 7) is 5.14. The van der Waals surface area contributed by atoms with E-state index in [1.807, 2.05) is 0 Å². The van der Waals surface area contributed by atoms with E-state index in [1.165, 1.54) is 51.6 Å². The van der Waals surface area contributed by atoms with Crippen molar-refractivity contribution in [2.45, 2.75) is 51.5 Å². The Morgan fingerprint density at radius 3 is 2.75 bits per heavy atom. The monoisotopic (exact) mass is 167 g/mol. The molecule has 0 aliphatic carbocycles. The van der Waals surface area contributed by atoms with Crippen molar-refractivity contribution >= 4 is 0 Å². The molecule has 1 heteroatoms. The van der Waals surface area contributed by atoms with Gasteiger partial charge in [0.15, 0.2) is 0 Å². The second kappa shape index (κ2) is 3.78. The van der Waals surface area contributed by atoms with Gasteiger partial charge in [-0.1, -0.05) is 19.8 Å². The highest BCUT2D eigenvalue weighted by Gasteiger charge is 2.31. The number of nitrogens with zero attached hydrogens (tertiary/aromatic N) is 1. The zero-order valence-electron chi connectivity index (χ0n) is 8.26. The molecule has 0 saturated carbocycles. The Hall–Kier alpha value is -0.0400. The first-order valence-electron chi connectivity index (χ1n) is 5.66. The van der Waals surface area contributed by atoms with Crippen LogP contribution in [0.3, 0.4) is 0 Å². The van der Waals surface area contributed by atoms with E-state index >= 15 is 0 Å². The number of piperidine rings is 2. The fourth-order valence-electron chi connectivity index (χ4n) is 3.05. The van der Waals surface area contributed by atoms with E-state index in [-0.39, 0.29) is 0 Å². The van der Waals surface area contributed by atoms with Crippen LogP contribution in [0, 0.1) is 5.92 Å². The van der Waals surface area contributed by atoms with Crippen molar-refractivity contribution in [3.63, 3.8) is 0 Å².